The van der Waals surface area contributed by atoms with E-state index in [4.69, 9.17) is 4.74 Å². The van der Waals surface area contributed by atoms with Crippen molar-refractivity contribution in [3.8, 4) is 0 Å². The Morgan fingerprint density at radius 1 is 1.24 bits per heavy atom. The van der Waals surface area contributed by atoms with Gasteiger partial charge in [-0.1, -0.05) is 32.4 Å². The van der Waals surface area contributed by atoms with Gasteiger partial charge >= 0.3 is 0 Å². The molecule has 1 aromatic rings. The Hall–Kier alpha value is -0.510. The molecule has 2 rings (SSSR count). The van der Waals surface area contributed by atoms with E-state index >= 15 is 0 Å². The average molecular weight is 253 g/mol. The molecule has 0 aliphatic carbocycles. The van der Waals surface area contributed by atoms with E-state index in [1.54, 1.807) is 11.8 Å². The van der Waals surface area contributed by atoms with Crippen LogP contribution in [0.2, 0.25) is 0 Å². The number of benzene rings is 1. The van der Waals surface area contributed by atoms with Gasteiger partial charge in [-0.05, 0) is 24.0 Å². The van der Waals surface area contributed by atoms with Crippen LogP contribution in [0.3, 0.4) is 0 Å². The normalized spacial score (nSPS) is 14.8. The van der Waals surface area contributed by atoms with Crippen LogP contribution in [0.15, 0.2) is 29.2 Å². The van der Waals surface area contributed by atoms with Crippen molar-refractivity contribution in [1.82, 2.24) is 5.32 Å². The number of ether oxygens (including phenoxy) is 1. The summed E-state index contributed by atoms with van der Waals surface area (Å²) in [4.78, 5) is 1.30. The summed E-state index contributed by atoms with van der Waals surface area (Å²) in [5.41, 5.74) is 1.26. The molecule has 0 unspecified atom stereocenters. The molecule has 1 heterocycles. The molecule has 0 aromatic heterocycles. The number of hydrogen-bond acceptors (Lipinski definition) is 3. The van der Waals surface area contributed by atoms with Crippen LogP contribution in [0.4, 0.5) is 0 Å². The summed E-state index contributed by atoms with van der Waals surface area (Å²) in [5, 5.41) is 3.19. The predicted octanol–water partition coefficient (Wildman–Crippen LogP) is 3.31. The summed E-state index contributed by atoms with van der Waals surface area (Å²) in [5.74, 6) is 0. The lowest BCUT2D eigenvalue weighted by Crippen LogP contribution is -2.48. The Morgan fingerprint density at radius 3 is 2.24 bits per heavy atom. The smallest absolute Gasteiger partial charge is 0.0828 e. The molecule has 1 aliphatic rings. The van der Waals surface area contributed by atoms with E-state index in [9.17, 15) is 0 Å². The Morgan fingerprint density at radius 2 is 1.82 bits per heavy atom. The highest BCUT2D eigenvalue weighted by atomic mass is 32.2. The summed E-state index contributed by atoms with van der Waals surface area (Å²) in [6.45, 7) is 6.99. The molecular weight excluding hydrogens is 230 g/mol. The van der Waals surface area contributed by atoms with E-state index in [0.717, 1.165) is 19.7 Å². The van der Waals surface area contributed by atoms with E-state index in [0.29, 0.717) is 6.10 Å². The van der Waals surface area contributed by atoms with Gasteiger partial charge in [0.1, 0.15) is 0 Å². The van der Waals surface area contributed by atoms with Crippen LogP contribution < -0.4 is 5.32 Å². The van der Waals surface area contributed by atoms with Crippen molar-refractivity contribution in [2.24, 2.45) is 0 Å². The van der Waals surface area contributed by atoms with Gasteiger partial charge < -0.3 is 10.1 Å². The van der Waals surface area contributed by atoms with Crippen molar-refractivity contribution >= 4 is 11.8 Å². The summed E-state index contributed by atoms with van der Waals surface area (Å²) in [7, 11) is 0. The lowest BCUT2D eigenvalue weighted by molar-refractivity contribution is 0.00757. The maximum absolute atomic E-state index is 5.67. The standard InChI is InChI=1S/C11H15NOS.C3H8/c1-14-11-4-2-9(3-5-11)8-13-10-6-12-7-10;1-3-2/h2-5,10,12H,6-8H2,1H3;3H2,1-2H3. The van der Waals surface area contributed by atoms with Crippen LogP contribution in [-0.2, 0) is 11.3 Å². The monoisotopic (exact) mass is 253 g/mol. The topological polar surface area (TPSA) is 21.3 Å². The van der Waals surface area contributed by atoms with E-state index in [1.165, 1.54) is 16.9 Å². The zero-order valence-corrected chi connectivity index (χ0v) is 11.8. The quantitative estimate of drug-likeness (QED) is 0.832. The van der Waals surface area contributed by atoms with Crippen LogP contribution in [0.1, 0.15) is 25.8 Å². The zero-order valence-electron chi connectivity index (χ0n) is 11.0. The summed E-state index contributed by atoms with van der Waals surface area (Å²) in [6.07, 6.45) is 3.76. The third kappa shape index (κ3) is 5.57. The largest absolute Gasteiger partial charge is 0.371 e. The molecule has 0 atom stereocenters. The number of thioether (sulfide) groups is 1. The van der Waals surface area contributed by atoms with Crippen molar-refractivity contribution < 1.29 is 4.74 Å². The van der Waals surface area contributed by atoms with Crippen LogP contribution in [0, 0.1) is 0 Å². The Bertz CT molecular complexity index is 296. The zero-order chi connectivity index (χ0) is 12.5. The van der Waals surface area contributed by atoms with Crippen molar-refractivity contribution in [2.75, 3.05) is 19.3 Å². The molecule has 1 aliphatic heterocycles. The second-order valence-corrected chi connectivity index (χ2v) is 5.03. The predicted molar refractivity (Wildman–Crippen MR) is 75.6 cm³/mol. The van der Waals surface area contributed by atoms with Gasteiger partial charge in [0.25, 0.3) is 0 Å². The molecule has 0 radical (unpaired) electrons. The molecule has 1 N–H and O–H groups in total. The molecular formula is C14H23NOS. The molecule has 0 spiro atoms. The summed E-state index contributed by atoms with van der Waals surface area (Å²) in [6, 6.07) is 8.56. The second-order valence-electron chi connectivity index (χ2n) is 4.15. The Labute approximate surface area is 109 Å². The first-order valence-electron chi connectivity index (χ1n) is 6.25. The van der Waals surface area contributed by atoms with Crippen LogP contribution in [-0.4, -0.2) is 25.4 Å². The number of hydrogen-bond donors (Lipinski definition) is 1. The molecule has 1 aromatic carbocycles. The number of rotatable bonds is 4. The van der Waals surface area contributed by atoms with E-state index in [-0.39, 0.29) is 0 Å². The minimum absolute atomic E-state index is 0.426. The fourth-order valence-electron chi connectivity index (χ4n) is 1.32. The van der Waals surface area contributed by atoms with Crippen molar-refractivity contribution in [1.29, 1.82) is 0 Å². The maximum Gasteiger partial charge on any atom is 0.0828 e. The van der Waals surface area contributed by atoms with Crippen LogP contribution >= 0.6 is 11.8 Å². The second kappa shape index (κ2) is 8.56. The minimum atomic E-state index is 0.426. The first kappa shape index (κ1) is 14.6. The number of nitrogens with one attached hydrogen (secondary N) is 1. The third-order valence-corrected chi connectivity index (χ3v) is 3.13. The highest BCUT2D eigenvalue weighted by Gasteiger charge is 2.16. The molecule has 96 valence electrons. The van der Waals surface area contributed by atoms with Gasteiger partial charge in [-0.2, -0.15) is 0 Å². The van der Waals surface area contributed by atoms with Gasteiger partial charge in [-0.15, -0.1) is 11.8 Å². The van der Waals surface area contributed by atoms with Crippen LogP contribution in [0.5, 0.6) is 0 Å². The van der Waals surface area contributed by atoms with Crippen LogP contribution in [0.25, 0.3) is 0 Å². The molecule has 1 saturated heterocycles. The van der Waals surface area contributed by atoms with E-state index < -0.39 is 0 Å². The maximum atomic E-state index is 5.67. The average Bonchev–Trinajstić information content (AvgIpc) is 2.29. The van der Waals surface area contributed by atoms with Gasteiger partial charge in [-0.3, -0.25) is 0 Å². The fraction of sp³-hybridized carbons (Fsp3) is 0.571. The van der Waals surface area contributed by atoms with Gasteiger partial charge in [-0.25, -0.2) is 0 Å². The molecule has 17 heavy (non-hydrogen) atoms. The van der Waals surface area contributed by atoms with Crippen molar-refractivity contribution in [2.45, 2.75) is 37.9 Å². The third-order valence-electron chi connectivity index (χ3n) is 2.39. The van der Waals surface area contributed by atoms with Crippen molar-refractivity contribution in [3.05, 3.63) is 29.8 Å². The lowest BCUT2D eigenvalue weighted by Gasteiger charge is -2.27. The summed E-state index contributed by atoms with van der Waals surface area (Å²) < 4.78 is 5.67. The Kier molecular flexibility index (Phi) is 7.33. The molecule has 1 fully saturated rings. The van der Waals surface area contributed by atoms with Gasteiger partial charge in [0.2, 0.25) is 0 Å². The lowest BCUT2D eigenvalue weighted by atomic mass is 10.2. The highest BCUT2D eigenvalue weighted by molar-refractivity contribution is 7.98. The fourth-order valence-corrected chi connectivity index (χ4v) is 1.72. The summed E-state index contributed by atoms with van der Waals surface area (Å²) >= 11 is 1.77. The van der Waals surface area contributed by atoms with E-state index in [1.807, 2.05) is 0 Å². The Balaban J connectivity index is 0.000000437. The molecule has 3 heteroatoms. The SMILES string of the molecule is CCC.CSc1ccc(COC2CNC2)cc1. The van der Waals surface area contributed by atoms with Gasteiger partial charge in [0.05, 0.1) is 12.7 Å². The molecule has 2 nitrogen and oxygen atoms in total. The molecule has 0 saturated carbocycles. The first-order chi connectivity index (χ1) is 8.30. The van der Waals surface area contributed by atoms with Gasteiger partial charge in [0.15, 0.2) is 0 Å². The highest BCUT2D eigenvalue weighted by Crippen LogP contribution is 2.15. The van der Waals surface area contributed by atoms with Gasteiger partial charge in [0, 0.05) is 18.0 Å². The molecule has 0 bridgehead atoms. The van der Waals surface area contributed by atoms with E-state index in [2.05, 4.69) is 49.7 Å². The first-order valence-corrected chi connectivity index (χ1v) is 7.47. The van der Waals surface area contributed by atoms with Crippen molar-refractivity contribution in [3.63, 3.8) is 0 Å². The minimum Gasteiger partial charge on any atom is -0.371 e. The molecule has 0 amide bonds.